The third kappa shape index (κ3) is 1.55. The molecule has 1 aromatic heterocycles. The maximum Gasteiger partial charge on any atom is 0.144 e. The van der Waals surface area contributed by atoms with E-state index >= 15 is 0 Å². The van der Waals surface area contributed by atoms with E-state index in [2.05, 4.69) is 36.1 Å². The summed E-state index contributed by atoms with van der Waals surface area (Å²) in [6, 6.07) is 0.519. The lowest BCUT2D eigenvalue weighted by atomic mass is 9.68. The van der Waals surface area contributed by atoms with Crippen molar-refractivity contribution < 1.29 is 0 Å². The summed E-state index contributed by atoms with van der Waals surface area (Å²) in [5, 5.41) is 3.63. The molecule has 0 aromatic carbocycles. The minimum Gasteiger partial charge on any atom is -0.365 e. The summed E-state index contributed by atoms with van der Waals surface area (Å²) in [7, 11) is 0. The topological polar surface area (TPSA) is 37.8 Å². The lowest BCUT2D eigenvalue weighted by molar-refractivity contribution is 0.155. The fraction of sp³-hybridized carbons (Fsp3) is 0.714. The Morgan fingerprint density at radius 3 is 2.71 bits per heavy atom. The van der Waals surface area contributed by atoms with Gasteiger partial charge in [-0.2, -0.15) is 0 Å². The Balaban J connectivity index is 1.88. The number of hydrogen-bond donors (Lipinski definition) is 1. The van der Waals surface area contributed by atoms with E-state index in [-0.39, 0.29) is 0 Å². The van der Waals surface area contributed by atoms with Crippen LogP contribution >= 0.6 is 0 Å². The number of aromatic nitrogens is 2. The van der Waals surface area contributed by atoms with E-state index < -0.39 is 0 Å². The van der Waals surface area contributed by atoms with Gasteiger partial charge in [-0.25, -0.2) is 4.98 Å². The summed E-state index contributed by atoms with van der Waals surface area (Å²) in [6.45, 7) is 7.22. The number of nitrogens with one attached hydrogen (secondary N) is 1. The molecule has 3 heteroatoms. The van der Waals surface area contributed by atoms with E-state index in [4.69, 9.17) is 0 Å². The molecular formula is C14H21N3. The summed E-state index contributed by atoms with van der Waals surface area (Å²) in [5.74, 6) is 1.78. The zero-order chi connectivity index (χ0) is 12.1. The van der Waals surface area contributed by atoms with Crippen LogP contribution in [0, 0.1) is 16.7 Å². The molecule has 0 aliphatic heterocycles. The highest BCUT2D eigenvalue weighted by atomic mass is 15.1. The van der Waals surface area contributed by atoms with Crippen molar-refractivity contribution in [2.75, 3.05) is 5.32 Å². The van der Waals surface area contributed by atoms with E-state index in [1.54, 1.807) is 12.4 Å². The largest absolute Gasteiger partial charge is 0.365 e. The molecule has 17 heavy (non-hydrogen) atoms. The van der Waals surface area contributed by atoms with Crippen LogP contribution in [-0.2, 0) is 0 Å². The molecule has 3 rings (SSSR count). The fourth-order valence-electron chi connectivity index (χ4n) is 4.18. The highest BCUT2D eigenvalue weighted by Crippen LogP contribution is 2.62. The molecule has 2 fully saturated rings. The molecule has 0 saturated heterocycles. The van der Waals surface area contributed by atoms with Crippen molar-refractivity contribution in [3.05, 3.63) is 18.6 Å². The minimum absolute atomic E-state index is 0.366. The third-order valence-electron chi connectivity index (χ3n) is 5.13. The van der Waals surface area contributed by atoms with Gasteiger partial charge in [0.1, 0.15) is 5.82 Å². The van der Waals surface area contributed by atoms with Gasteiger partial charge in [-0.15, -0.1) is 0 Å². The zero-order valence-electron chi connectivity index (χ0n) is 10.9. The molecule has 1 aromatic rings. The lowest BCUT2D eigenvalue weighted by Crippen LogP contribution is -2.45. The average Bonchev–Trinajstić information content (AvgIpc) is 2.77. The molecular weight excluding hydrogens is 210 g/mol. The van der Waals surface area contributed by atoms with Crippen molar-refractivity contribution >= 4 is 5.82 Å². The molecule has 0 radical (unpaired) electrons. The molecule has 3 atom stereocenters. The smallest absolute Gasteiger partial charge is 0.144 e. The van der Waals surface area contributed by atoms with E-state index in [0.717, 1.165) is 11.7 Å². The summed E-state index contributed by atoms with van der Waals surface area (Å²) < 4.78 is 0. The molecule has 2 bridgehead atoms. The lowest BCUT2D eigenvalue weighted by Gasteiger charge is -2.43. The van der Waals surface area contributed by atoms with Gasteiger partial charge in [0.25, 0.3) is 0 Å². The Bertz CT molecular complexity index is 410. The second kappa shape index (κ2) is 3.44. The molecule has 3 unspecified atom stereocenters. The second-order valence-corrected chi connectivity index (χ2v) is 6.58. The summed E-state index contributed by atoms with van der Waals surface area (Å²) in [5.41, 5.74) is 0.802. The minimum atomic E-state index is 0.366. The van der Waals surface area contributed by atoms with Gasteiger partial charge in [0.05, 0.1) is 6.20 Å². The quantitative estimate of drug-likeness (QED) is 0.850. The van der Waals surface area contributed by atoms with Gasteiger partial charge < -0.3 is 5.32 Å². The van der Waals surface area contributed by atoms with Crippen LogP contribution < -0.4 is 5.32 Å². The highest BCUT2D eigenvalue weighted by molar-refractivity contribution is 5.35. The first kappa shape index (κ1) is 11.0. The third-order valence-corrected chi connectivity index (χ3v) is 5.13. The Hall–Kier alpha value is -1.12. The van der Waals surface area contributed by atoms with Gasteiger partial charge in [-0.1, -0.05) is 20.8 Å². The average molecular weight is 231 g/mol. The molecule has 1 N–H and O–H groups in total. The molecule has 0 spiro atoms. The van der Waals surface area contributed by atoms with Gasteiger partial charge in [-0.3, -0.25) is 4.98 Å². The van der Waals surface area contributed by atoms with Crippen LogP contribution in [-0.4, -0.2) is 16.0 Å². The van der Waals surface area contributed by atoms with Crippen molar-refractivity contribution in [2.45, 2.75) is 46.1 Å². The number of nitrogens with zero attached hydrogens (tertiary/aromatic N) is 2. The van der Waals surface area contributed by atoms with Crippen LogP contribution in [0.3, 0.4) is 0 Å². The Morgan fingerprint density at radius 2 is 2.12 bits per heavy atom. The molecule has 2 saturated carbocycles. The van der Waals surface area contributed by atoms with E-state index in [1.807, 2.05) is 6.20 Å². The maximum atomic E-state index is 4.35. The number of rotatable bonds is 2. The first-order valence-corrected chi connectivity index (χ1v) is 6.55. The normalized spacial score (nSPS) is 38.3. The van der Waals surface area contributed by atoms with Crippen molar-refractivity contribution in [1.29, 1.82) is 0 Å². The maximum absolute atomic E-state index is 4.35. The van der Waals surface area contributed by atoms with Crippen molar-refractivity contribution in [3.63, 3.8) is 0 Å². The molecule has 0 amide bonds. The van der Waals surface area contributed by atoms with Crippen LogP contribution in [0.15, 0.2) is 18.6 Å². The predicted molar refractivity (Wildman–Crippen MR) is 68.7 cm³/mol. The van der Waals surface area contributed by atoms with Crippen LogP contribution in [0.4, 0.5) is 5.82 Å². The van der Waals surface area contributed by atoms with Crippen LogP contribution in [0.25, 0.3) is 0 Å². The summed E-state index contributed by atoms with van der Waals surface area (Å²) in [6.07, 6.45) is 9.40. The van der Waals surface area contributed by atoms with Crippen molar-refractivity contribution in [1.82, 2.24) is 9.97 Å². The Morgan fingerprint density at radius 1 is 1.29 bits per heavy atom. The molecule has 3 nitrogen and oxygen atoms in total. The van der Waals surface area contributed by atoms with E-state index in [1.165, 1.54) is 19.3 Å². The van der Waals surface area contributed by atoms with Gasteiger partial charge in [0, 0.05) is 18.4 Å². The SMILES string of the molecule is CC12CCC(C1)C(C)(C)C2Nc1cnccn1. The fourth-order valence-corrected chi connectivity index (χ4v) is 4.18. The summed E-state index contributed by atoms with van der Waals surface area (Å²) in [4.78, 5) is 8.48. The second-order valence-electron chi connectivity index (χ2n) is 6.58. The zero-order valence-corrected chi connectivity index (χ0v) is 10.9. The molecule has 1 heterocycles. The first-order chi connectivity index (χ1) is 8.02. The van der Waals surface area contributed by atoms with E-state index in [0.29, 0.717) is 16.9 Å². The van der Waals surface area contributed by atoms with Gasteiger partial charge in [-0.05, 0) is 36.0 Å². The summed E-state index contributed by atoms with van der Waals surface area (Å²) >= 11 is 0. The van der Waals surface area contributed by atoms with Crippen molar-refractivity contribution in [3.8, 4) is 0 Å². The van der Waals surface area contributed by atoms with Gasteiger partial charge in [0.2, 0.25) is 0 Å². The number of fused-ring (bicyclic) bond motifs is 2. The van der Waals surface area contributed by atoms with E-state index in [9.17, 15) is 0 Å². The van der Waals surface area contributed by atoms with Crippen LogP contribution in [0.1, 0.15) is 40.0 Å². The van der Waals surface area contributed by atoms with Gasteiger partial charge in [0.15, 0.2) is 0 Å². The van der Waals surface area contributed by atoms with Gasteiger partial charge >= 0.3 is 0 Å². The van der Waals surface area contributed by atoms with Crippen LogP contribution in [0.5, 0.6) is 0 Å². The number of hydrogen-bond acceptors (Lipinski definition) is 3. The number of anilines is 1. The highest BCUT2D eigenvalue weighted by Gasteiger charge is 2.59. The Labute approximate surface area is 103 Å². The molecule has 92 valence electrons. The predicted octanol–water partition coefficient (Wildman–Crippen LogP) is 3.10. The first-order valence-electron chi connectivity index (χ1n) is 6.55. The molecule has 2 aliphatic carbocycles. The molecule has 2 aliphatic rings. The Kier molecular flexibility index (Phi) is 2.22. The standard InChI is InChI=1S/C14H21N3/c1-13(2)10-4-5-14(3,8-10)12(13)17-11-9-15-6-7-16-11/h6-7,9-10,12H,4-5,8H2,1-3H3,(H,16,17). The monoisotopic (exact) mass is 231 g/mol. The van der Waals surface area contributed by atoms with Crippen LogP contribution in [0.2, 0.25) is 0 Å². The van der Waals surface area contributed by atoms with Crippen molar-refractivity contribution in [2.24, 2.45) is 16.7 Å².